The number of piperazine rings is 1. The molecule has 0 radical (unpaired) electrons. The first-order valence-electron chi connectivity index (χ1n) is 10.2. The lowest BCUT2D eigenvalue weighted by Gasteiger charge is -2.29. The fourth-order valence-electron chi connectivity index (χ4n) is 3.73. The van der Waals surface area contributed by atoms with Crippen molar-refractivity contribution >= 4 is 40.5 Å². The summed E-state index contributed by atoms with van der Waals surface area (Å²) < 4.78 is 19.9. The number of rotatable bonds is 4. The number of amides is 1. The Bertz CT molecular complexity index is 1130. The standard InChI is InChI=1S/C22H20ClFN6O2/c23-17-2-1-3-18(24)19(17)30-13-32-20-16(21(30)31)12-26-22(28-20)27-14-4-6-15(7-5-14)29-10-8-25-9-11-29/h1-7,12,25H,8-11,13H2,(H,26,27,28). The minimum Gasteiger partial charge on any atom is -0.455 e. The van der Waals surface area contributed by atoms with E-state index in [1.54, 1.807) is 0 Å². The second-order valence-electron chi connectivity index (χ2n) is 7.40. The molecule has 3 heterocycles. The van der Waals surface area contributed by atoms with E-state index >= 15 is 0 Å². The second kappa shape index (κ2) is 8.60. The van der Waals surface area contributed by atoms with Crippen LogP contribution in [0.1, 0.15) is 10.4 Å². The van der Waals surface area contributed by atoms with Gasteiger partial charge in [-0.2, -0.15) is 4.98 Å². The van der Waals surface area contributed by atoms with Crippen LogP contribution < -0.4 is 25.2 Å². The van der Waals surface area contributed by atoms with Crippen molar-refractivity contribution in [2.75, 3.05) is 48.0 Å². The maximum atomic E-state index is 14.3. The Morgan fingerprint density at radius 3 is 2.66 bits per heavy atom. The first-order valence-corrected chi connectivity index (χ1v) is 10.6. The lowest BCUT2D eigenvalue weighted by molar-refractivity contribution is 0.0931. The fourth-order valence-corrected chi connectivity index (χ4v) is 4.00. The topological polar surface area (TPSA) is 82.6 Å². The first-order chi connectivity index (χ1) is 15.6. The number of hydrogen-bond donors (Lipinski definition) is 2. The molecule has 164 valence electrons. The van der Waals surface area contributed by atoms with Crippen molar-refractivity contribution < 1.29 is 13.9 Å². The highest BCUT2D eigenvalue weighted by molar-refractivity contribution is 6.34. The normalized spacial score (nSPS) is 15.9. The summed E-state index contributed by atoms with van der Waals surface area (Å²) in [4.78, 5) is 24.9. The van der Waals surface area contributed by atoms with Crippen molar-refractivity contribution in [3.63, 3.8) is 0 Å². The second-order valence-corrected chi connectivity index (χ2v) is 7.81. The van der Waals surface area contributed by atoms with Crippen LogP contribution in [-0.4, -0.2) is 48.8 Å². The SMILES string of the molecule is O=C1c2cnc(Nc3ccc(N4CCNCC4)cc3)nc2OCN1c1c(F)cccc1Cl. The molecule has 2 N–H and O–H groups in total. The Kier molecular flexibility index (Phi) is 5.50. The van der Waals surface area contributed by atoms with Crippen molar-refractivity contribution in [1.82, 2.24) is 15.3 Å². The van der Waals surface area contributed by atoms with Crippen LogP contribution in [0.2, 0.25) is 5.02 Å². The number of para-hydroxylation sites is 1. The van der Waals surface area contributed by atoms with Gasteiger partial charge in [0.05, 0.1) is 5.02 Å². The molecule has 2 aliphatic heterocycles. The van der Waals surface area contributed by atoms with Gasteiger partial charge in [-0.3, -0.25) is 9.69 Å². The maximum Gasteiger partial charge on any atom is 0.268 e. The Labute approximate surface area is 189 Å². The highest BCUT2D eigenvalue weighted by Crippen LogP contribution is 2.34. The zero-order chi connectivity index (χ0) is 22.1. The van der Waals surface area contributed by atoms with Crippen LogP contribution in [0.5, 0.6) is 5.88 Å². The minimum absolute atomic E-state index is 0.0309. The van der Waals surface area contributed by atoms with Crippen molar-refractivity contribution in [3.8, 4) is 5.88 Å². The predicted octanol–water partition coefficient (Wildman–Crippen LogP) is 3.42. The number of halogens is 2. The van der Waals surface area contributed by atoms with E-state index in [4.69, 9.17) is 16.3 Å². The minimum atomic E-state index is -0.610. The van der Waals surface area contributed by atoms with E-state index in [-0.39, 0.29) is 28.9 Å². The Morgan fingerprint density at radius 2 is 1.91 bits per heavy atom. The molecule has 0 aliphatic carbocycles. The summed E-state index contributed by atoms with van der Waals surface area (Å²) in [5.41, 5.74) is 2.07. The van der Waals surface area contributed by atoms with Crippen LogP contribution in [0.25, 0.3) is 0 Å². The Balaban J connectivity index is 1.32. The van der Waals surface area contributed by atoms with Gasteiger partial charge in [0.15, 0.2) is 6.73 Å². The molecule has 1 fully saturated rings. The van der Waals surface area contributed by atoms with Crippen LogP contribution >= 0.6 is 11.6 Å². The van der Waals surface area contributed by atoms with Crippen LogP contribution in [0.15, 0.2) is 48.7 Å². The number of carbonyl (C=O) groups excluding carboxylic acids is 1. The number of ether oxygens (including phenoxy) is 1. The molecule has 0 bridgehead atoms. The molecule has 2 aromatic carbocycles. The molecular formula is C22H20ClFN6O2. The molecule has 1 amide bonds. The van der Waals surface area contributed by atoms with Crippen LogP contribution in [0.4, 0.5) is 27.4 Å². The van der Waals surface area contributed by atoms with Gasteiger partial charge < -0.3 is 20.3 Å². The molecule has 0 saturated carbocycles. The van der Waals surface area contributed by atoms with Gasteiger partial charge in [-0.25, -0.2) is 9.37 Å². The van der Waals surface area contributed by atoms with Crippen molar-refractivity contribution in [2.45, 2.75) is 0 Å². The molecular weight excluding hydrogens is 435 g/mol. The van der Waals surface area contributed by atoms with Crippen LogP contribution in [0.3, 0.4) is 0 Å². The number of nitrogens with one attached hydrogen (secondary N) is 2. The average molecular weight is 455 g/mol. The smallest absolute Gasteiger partial charge is 0.268 e. The number of benzene rings is 2. The van der Waals surface area contributed by atoms with Crippen LogP contribution in [-0.2, 0) is 0 Å². The average Bonchev–Trinajstić information content (AvgIpc) is 2.81. The zero-order valence-electron chi connectivity index (χ0n) is 17.0. The van der Waals surface area contributed by atoms with Gasteiger partial charge >= 0.3 is 0 Å². The molecule has 1 aromatic heterocycles. The number of anilines is 4. The van der Waals surface area contributed by atoms with Gasteiger partial charge in [0.25, 0.3) is 5.91 Å². The molecule has 10 heteroatoms. The third-order valence-electron chi connectivity index (χ3n) is 5.37. The van der Waals surface area contributed by atoms with E-state index < -0.39 is 11.7 Å². The van der Waals surface area contributed by atoms with Crippen LogP contribution in [0, 0.1) is 5.82 Å². The monoisotopic (exact) mass is 454 g/mol. The molecule has 32 heavy (non-hydrogen) atoms. The first kappa shape index (κ1) is 20.5. The third-order valence-corrected chi connectivity index (χ3v) is 5.68. The summed E-state index contributed by atoms with van der Waals surface area (Å²) >= 11 is 6.09. The van der Waals surface area contributed by atoms with E-state index in [1.165, 1.54) is 24.4 Å². The quantitative estimate of drug-likeness (QED) is 0.625. The number of hydrogen-bond acceptors (Lipinski definition) is 7. The summed E-state index contributed by atoms with van der Waals surface area (Å²) in [6.07, 6.45) is 1.36. The summed E-state index contributed by atoms with van der Waals surface area (Å²) in [5.74, 6) is -0.663. The molecule has 0 unspecified atom stereocenters. The predicted molar refractivity (Wildman–Crippen MR) is 121 cm³/mol. The molecule has 2 aliphatic rings. The lowest BCUT2D eigenvalue weighted by atomic mass is 10.2. The summed E-state index contributed by atoms with van der Waals surface area (Å²) in [5, 5.41) is 6.58. The molecule has 1 saturated heterocycles. The van der Waals surface area contributed by atoms with Crippen molar-refractivity contribution in [1.29, 1.82) is 0 Å². The molecule has 0 atom stereocenters. The molecule has 8 nitrogen and oxygen atoms in total. The van der Waals surface area contributed by atoms with Gasteiger partial charge in [-0.1, -0.05) is 17.7 Å². The zero-order valence-corrected chi connectivity index (χ0v) is 17.8. The Hall–Kier alpha value is -3.43. The number of aromatic nitrogens is 2. The largest absolute Gasteiger partial charge is 0.455 e. The highest BCUT2D eigenvalue weighted by atomic mass is 35.5. The van der Waals surface area contributed by atoms with E-state index in [0.717, 1.165) is 42.5 Å². The Morgan fingerprint density at radius 1 is 1.12 bits per heavy atom. The summed E-state index contributed by atoms with van der Waals surface area (Å²) in [7, 11) is 0. The fraction of sp³-hybridized carbons (Fsp3) is 0.227. The van der Waals surface area contributed by atoms with Crippen molar-refractivity contribution in [2.24, 2.45) is 0 Å². The third kappa shape index (κ3) is 3.92. The van der Waals surface area contributed by atoms with Crippen molar-refractivity contribution in [3.05, 3.63) is 65.1 Å². The number of carbonyl (C=O) groups is 1. The molecule has 0 spiro atoms. The van der Waals surface area contributed by atoms with Gasteiger partial charge in [0.1, 0.15) is 17.1 Å². The summed E-state index contributed by atoms with van der Waals surface area (Å²) in [6, 6.07) is 12.2. The molecule has 5 rings (SSSR count). The number of nitrogens with zero attached hydrogens (tertiary/aromatic N) is 4. The van der Waals surface area contributed by atoms with E-state index in [1.807, 2.05) is 24.3 Å². The van der Waals surface area contributed by atoms with E-state index in [9.17, 15) is 9.18 Å². The lowest BCUT2D eigenvalue weighted by Crippen LogP contribution is -2.43. The van der Waals surface area contributed by atoms with E-state index in [0.29, 0.717) is 5.95 Å². The van der Waals surface area contributed by atoms with Gasteiger partial charge in [-0.15, -0.1) is 0 Å². The summed E-state index contributed by atoms with van der Waals surface area (Å²) in [6.45, 7) is 3.69. The highest BCUT2D eigenvalue weighted by Gasteiger charge is 2.31. The van der Waals surface area contributed by atoms with Gasteiger partial charge in [0, 0.05) is 43.8 Å². The number of fused-ring (bicyclic) bond motifs is 1. The van der Waals surface area contributed by atoms with E-state index in [2.05, 4.69) is 25.5 Å². The van der Waals surface area contributed by atoms with Gasteiger partial charge in [-0.05, 0) is 36.4 Å². The van der Waals surface area contributed by atoms with Gasteiger partial charge in [0.2, 0.25) is 11.8 Å². The molecule has 3 aromatic rings. The maximum absolute atomic E-state index is 14.3.